The number of phenols is 2. The summed E-state index contributed by atoms with van der Waals surface area (Å²) < 4.78 is 46.8. The molecule has 0 heterocycles. The minimum absolute atomic E-state index is 0.00899. The highest BCUT2D eigenvalue weighted by molar-refractivity contribution is 6.66. The molecule has 266 valence electrons. The van der Waals surface area contributed by atoms with Gasteiger partial charge >= 0.3 is 17.1 Å². The molecule has 0 atom stereocenters. The van der Waals surface area contributed by atoms with E-state index >= 15 is 0 Å². The molecule has 3 aromatic carbocycles. The molecule has 0 aliphatic rings. The topological polar surface area (TPSA) is 114 Å². The highest BCUT2D eigenvalue weighted by Gasteiger charge is 2.31. The van der Waals surface area contributed by atoms with Crippen LogP contribution in [0.2, 0.25) is 25.2 Å². The molecule has 0 saturated carbocycles. The summed E-state index contributed by atoms with van der Waals surface area (Å²) in [6, 6.07) is 19.3. The summed E-state index contributed by atoms with van der Waals surface area (Å²) >= 11 is 0. The van der Waals surface area contributed by atoms with E-state index in [-0.39, 0.29) is 25.1 Å². The lowest BCUT2D eigenvalue weighted by Crippen LogP contribution is -2.38. The number of hydrogen-bond donors (Lipinski definition) is 2. The first-order chi connectivity index (χ1) is 23.1. The number of ether oxygens (including phenoxy) is 4. The van der Waals surface area contributed by atoms with Crippen LogP contribution in [0, 0.1) is 0 Å². The van der Waals surface area contributed by atoms with E-state index in [2.05, 4.69) is 13.1 Å². The normalized spacial score (nSPS) is 11.8. The van der Waals surface area contributed by atoms with Gasteiger partial charge in [0.15, 0.2) is 0 Å². The van der Waals surface area contributed by atoms with Gasteiger partial charge in [-0.15, -0.1) is 0 Å². The van der Waals surface area contributed by atoms with Gasteiger partial charge < -0.3 is 46.9 Å². The number of phenolic OH excluding ortho intramolecular Hbond substituents is 2. The number of aromatic hydroxyl groups is 2. The molecular weight excluding hydrogens is 649 g/mol. The van der Waals surface area contributed by atoms with Crippen molar-refractivity contribution in [2.24, 2.45) is 0 Å². The smallest absolute Gasteiger partial charge is 0.334 e. The molecule has 0 aliphatic heterocycles. The fourth-order valence-corrected chi connectivity index (χ4v) is 10.3. The van der Waals surface area contributed by atoms with E-state index in [1.807, 2.05) is 39.8 Å². The molecule has 0 aliphatic carbocycles. The van der Waals surface area contributed by atoms with Crippen molar-refractivity contribution in [1.29, 1.82) is 0 Å². The summed E-state index contributed by atoms with van der Waals surface area (Å²) in [4.78, 5) is 0. The van der Waals surface area contributed by atoms with Gasteiger partial charge in [0.25, 0.3) is 0 Å². The molecule has 2 N–H and O–H groups in total. The van der Waals surface area contributed by atoms with E-state index in [9.17, 15) is 10.2 Å². The van der Waals surface area contributed by atoms with E-state index in [4.69, 9.17) is 36.7 Å². The zero-order chi connectivity index (χ0) is 34.8. The number of hydrogen-bond acceptors (Lipinski definition) is 10. The molecule has 3 aromatic rings. The largest absolute Gasteiger partial charge is 0.508 e. The Bertz CT molecular complexity index is 1240. The van der Waals surface area contributed by atoms with Crippen molar-refractivity contribution in [3.8, 4) is 34.5 Å². The van der Waals surface area contributed by atoms with Crippen molar-refractivity contribution < 1.29 is 46.9 Å². The summed E-state index contributed by atoms with van der Waals surface area (Å²) in [7, 11) is -4.40. The maximum absolute atomic E-state index is 10.4. The summed E-state index contributed by atoms with van der Waals surface area (Å²) in [5, 5.41) is 20.7. The van der Waals surface area contributed by atoms with Gasteiger partial charge in [0, 0.05) is 26.4 Å². The molecule has 0 saturated heterocycles. The second-order valence-electron chi connectivity index (χ2n) is 11.6. The molecule has 10 nitrogen and oxygen atoms in total. The average molecular weight is 703 g/mol. The second kappa shape index (κ2) is 20.3. The van der Waals surface area contributed by atoms with E-state index in [0.29, 0.717) is 62.3 Å². The Kier molecular flexibility index (Phi) is 16.6. The average Bonchev–Trinajstić information content (AvgIpc) is 3.05. The monoisotopic (exact) mass is 702 g/mol. The number of aryl methyl sites for hydroxylation is 2. The summed E-state index contributed by atoms with van der Waals surface area (Å²) in [6.07, 6.45) is 3.07. The molecule has 0 fully saturated rings. The standard InChI is InChI=1S/C36H54O10Si2/c1-7-43-47(5,44-8-2)23-11-13-29-25-33(19-21-35(29)37)41-27-39-31-15-17-32(18-16-31)40-28-42-34-20-22-36(38)30(26-34)14-12-24-48(6,45-9-3)46-10-4/h15-22,25-26,37-38H,7-14,23-24,27-28H2,1-6H3. The zero-order valence-electron chi connectivity index (χ0n) is 29.4. The molecule has 0 bridgehead atoms. The van der Waals surface area contributed by atoms with E-state index in [0.717, 1.165) is 36.1 Å². The van der Waals surface area contributed by atoms with E-state index < -0.39 is 17.1 Å². The Hall–Kier alpha value is -3.27. The van der Waals surface area contributed by atoms with Crippen LogP contribution >= 0.6 is 0 Å². The Morgan fingerprint density at radius 3 is 1.12 bits per heavy atom. The van der Waals surface area contributed by atoms with Crippen molar-refractivity contribution >= 4 is 17.1 Å². The zero-order valence-corrected chi connectivity index (χ0v) is 31.4. The minimum atomic E-state index is -2.20. The van der Waals surface area contributed by atoms with Crippen molar-refractivity contribution in [3.63, 3.8) is 0 Å². The van der Waals surface area contributed by atoms with Crippen molar-refractivity contribution in [3.05, 3.63) is 71.8 Å². The first kappa shape index (κ1) is 39.2. The second-order valence-corrected chi connectivity index (χ2v) is 18.3. The summed E-state index contributed by atoms with van der Waals surface area (Å²) in [6.45, 7) is 14.7. The minimum Gasteiger partial charge on any atom is -0.508 e. The van der Waals surface area contributed by atoms with Crippen molar-refractivity contribution in [2.75, 3.05) is 40.0 Å². The van der Waals surface area contributed by atoms with Gasteiger partial charge in [-0.3, -0.25) is 0 Å². The third-order valence-electron chi connectivity index (χ3n) is 7.78. The molecule has 3 rings (SSSR count). The van der Waals surface area contributed by atoms with Crippen LogP contribution in [0.25, 0.3) is 0 Å². The van der Waals surface area contributed by atoms with Crippen LogP contribution in [-0.4, -0.2) is 67.3 Å². The lowest BCUT2D eigenvalue weighted by molar-refractivity contribution is 0.116. The number of rotatable bonds is 24. The predicted molar refractivity (Wildman–Crippen MR) is 191 cm³/mol. The molecule has 12 heteroatoms. The molecule has 0 amide bonds. The quantitative estimate of drug-likeness (QED) is 0.0702. The lowest BCUT2D eigenvalue weighted by Gasteiger charge is -2.26. The van der Waals surface area contributed by atoms with Gasteiger partial charge in [-0.2, -0.15) is 0 Å². The SMILES string of the molecule is CCO[Si](C)(CCCc1cc(OCOc2ccc(OCOc3ccc(O)c(CCC[Si](C)(OCC)OCC)c3)cc2)ccc1O)OCC. The van der Waals surface area contributed by atoms with Gasteiger partial charge in [0.1, 0.15) is 34.5 Å². The molecule has 0 radical (unpaired) electrons. The Morgan fingerprint density at radius 1 is 0.479 bits per heavy atom. The van der Waals surface area contributed by atoms with Gasteiger partial charge in [-0.25, -0.2) is 0 Å². The first-order valence-electron chi connectivity index (χ1n) is 16.9. The van der Waals surface area contributed by atoms with Gasteiger partial charge in [0.2, 0.25) is 13.6 Å². The van der Waals surface area contributed by atoms with Crippen molar-refractivity contribution in [1.82, 2.24) is 0 Å². The highest BCUT2D eigenvalue weighted by atomic mass is 28.4. The van der Waals surface area contributed by atoms with E-state index in [1.54, 1.807) is 48.5 Å². The van der Waals surface area contributed by atoms with E-state index in [1.165, 1.54) is 0 Å². The number of benzene rings is 3. The van der Waals surface area contributed by atoms with Crippen LogP contribution in [0.5, 0.6) is 34.5 Å². The van der Waals surface area contributed by atoms with Crippen LogP contribution < -0.4 is 18.9 Å². The molecule has 48 heavy (non-hydrogen) atoms. The maximum atomic E-state index is 10.4. The molecule has 0 aromatic heterocycles. The molecule has 0 spiro atoms. The third kappa shape index (κ3) is 13.3. The summed E-state index contributed by atoms with van der Waals surface area (Å²) in [5.74, 6) is 2.95. The Balaban J connectivity index is 1.41. The Morgan fingerprint density at radius 2 is 0.792 bits per heavy atom. The third-order valence-corrected chi connectivity index (χ3v) is 13.9. The fourth-order valence-electron chi connectivity index (χ4n) is 5.46. The van der Waals surface area contributed by atoms with Crippen LogP contribution in [0.1, 0.15) is 51.7 Å². The van der Waals surface area contributed by atoms with Crippen LogP contribution in [-0.2, 0) is 30.5 Å². The predicted octanol–water partition coefficient (Wildman–Crippen LogP) is 8.08. The summed E-state index contributed by atoms with van der Waals surface area (Å²) in [5.41, 5.74) is 1.63. The van der Waals surface area contributed by atoms with Crippen LogP contribution in [0.15, 0.2) is 60.7 Å². The van der Waals surface area contributed by atoms with Crippen molar-refractivity contribution in [2.45, 2.75) is 78.6 Å². The molecule has 0 unspecified atom stereocenters. The maximum Gasteiger partial charge on any atom is 0.334 e. The lowest BCUT2D eigenvalue weighted by atomic mass is 10.1. The van der Waals surface area contributed by atoms with Gasteiger partial charge in [0.05, 0.1) is 0 Å². The van der Waals surface area contributed by atoms with Crippen LogP contribution in [0.4, 0.5) is 0 Å². The van der Waals surface area contributed by atoms with Crippen LogP contribution in [0.3, 0.4) is 0 Å². The first-order valence-corrected chi connectivity index (χ1v) is 22.0. The van der Waals surface area contributed by atoms with Gasteiger partial charge in [-0.05, 0) is 150 Å². The van der Waals surface area contributed by atoms with Gasteiger partial charge in [-0.1, -0.05) is 0 Å². The Labute approximate surface area is 288 Å². The fraction of sp³-hybridized carbons (Fsp3) is 0.500. The molecular formula is C36H54O10Si2. The highest BCUT2D eigenvalue weighted by Crippen LogP contribution is 2.28.